The maximum Gasteiger partial charge on any atom is 0.405 e. The molecule has 80 valence electrons. The second-order valence-corrected chi connectivity index (χ2v) is 5.63. The first-order valence-electron chi connectivity index (χ1n) is 4.34. The molecule has 1 saturated heterocycles. The molecule has 1 heterocycles. The van der Waals surface area contributed by atoms with Crippen molar-refractivity contribution in [1.82, 2.24) is 0 Å². The van der Waals surface area contributed by atoms with E-state index in [-0.39, 0.29) is 10.4 Å². The zero-order chi connectivity index (χ0) is 10.6. The predicted molar refractivity (Wildman–Crippen MR) is 58.5 cm³/mol. The van der Waals surface area contributed by atoms with E-state index in [1.165, 1.54) is 0 Å². The minimum Gasteiger partial charge on any atom is -0.439 e. The van der Waals surface area contributed by atoms with Gasteiger partial charge in [0.05, 0.1) is 0 Å². The van der Waals surface area contributed by atoms with Crippen molar-refractivity contribution < 1.29 is 14.3 Å². The van der Waals surface area contributed by atoms with E-state index in [1.807, 2.05) is 0 Å². The van der Waals surface area contributed by atoms with Crippen LogP contribution < -0.4 is 5.73 Å². The molecule has 0 radical (unpaired) electrons. The third-order valence-electron chi connectivity index (χ3n) is 1.75. The number of hydrogen-bond acceptors (Lipinski definition) is 5. The van der Waals surface area contributed by atoms with Crippen LogP contribution in [0.2, 0.25) is 0 Å². The third-order valence-corrected chi connectivity index (χ3v) is 4.69. The summed E-state index contributed by atoms with van der Waals surface area (Å²) in [5, 5.41) is 0. The van der Waals surface area contributed by atoms with Gasteiger partial charge in [-0.15, -0.1) is 23.5 Å². The molecule has 0 spiro atoms. The Labute approximate surface area is 91.3 Å². The molecular weight excluding hydrogens is 222 g/mol. The van der Waals surface area contributed by atoms with Crippen LogP contribution in [0.15, 0.2) is 0 Å². The zero-order valence-corrected chi connectivity index (χ0v) is 9.53. The van der Waals surface area contributed by atoms with Gasteiger partial charge in [0, 0.05) is 0 Å². The molecule has 0 aromatic carbocycles. The highest BCUT2D eigenvalue weighted by Crippen LogP contribution is 2.32. The van der Waals surface area contributed by atoms with Gasteiger partial charge in [-0.1, -0.05) is 0 Å². The lowest BCUT2D eigenvalue weighted by atomic mass is 10.3. The quantitative estimate of drug-likeness (QED) is 0.797. The number of amides is 1. The highest BCUT2D eigenvalue weighted by Gasteiger charge is 2.28. The van der Waals surface area contributed by atoms with Crippen LogP contribution in [0.25, 0.3) is 0 Å². The monoisotopic (exact) mass is 235 g/mol. The van der Waals surface area contributed by atoms with Gasteiger partial charge in [0.2, 0.25) is 0 Å². The topological polar surface area (TPSA) is 69.4 Å². The van der Waals surface area contributed by atoms with Crippen molar-refractivity contribution in [3.8, 4) is 0 Å². The molecule has 14 heavy (non-hydrogen) atoms. The normalized spacial score (nSPS) is 20.1. The Morgan fingerprint density at radius 3 is 2.50 bits per heavy atom. The average molecular weight is 235 g/mol. The minimum atomic E-state index is -0.892. The molecule has 4 nitrogen and oxygen atoms in total. The van der Waals surface area contributed by atoms with Gasteiger partial charge in [-0.25, -0.2) is 4.79 Å². The minimum absolute atomic E-state index is 0.0569. The number of carbonyl (C=O) groups is 2. The molecular formula is C8H13NO3S2. The van der Waals surface area contributed by atoms with E-state index >= 15 is 0 Å². The number of primary amides is 1. The van der Waals surface area contributed by atoms with Crippen LogP contribution in [0.5, 0.6) is 0 Å². The first-order valence-corrected chi connectivity index (χ1v) is 6.44. The second-order valence-electron chi connectivity index (χ2n) is 2.91. The fourth-order valence-corrected chi connectivity index (χ4v) is 3.98. The summed E-state index contributed by atoms with van der Waals surface area (Å²) < 4.78 is 4.53. The van der Waals surface area contributed by atoms with Crippen LogP contribution in [-0.2, 0) is 9.53 Å². The molecule has 0 bridgehead atoms. The van der Waals surface area contributed by atoms with Crippen LogP contribution in [-0.4, -0.2) is 34.1 Å². The summed E-state index contributed by atoms with van der Waals surface area (Å²) in [4.78, 5) is 22.1. The van der Waals surface area contributed by atoms with Gasteiger partial charge < -0.3 is 10.5 Å². The molecule has 0 aromatic heterocycles. The molecule has 1 fully saturated rings. The van der Waals surface area contributed by atoms with Crippen molar-refractivity contribution in [2.24, 2.45) is 5.73 Å². The fourth-order valence-electron chi connectivity index (χ4n) is 1.08. The van der Waals surface area contributed by atoms with Gasteiger partial charge in [0.1, 0.15) is 4.58 Å². The van der Waals surface area contributed by atoms with Crippen LogP contribution >= 0.6 is 23.5 Å². The summed E-state index contributed by atoms with van der Waals surface area (Å²) in [5.41, 5.74) is 4.83. The van der Waals surface area contributed by atoms with Crippen LogP contribution in [0.4, 0.5) is 4.79 Å². The van der Waals surface area contributed by atoms with E-state index in [9.17, 15) is 9.59 Å². The molecule has 0 saturated carbocycles. The highest BCUT2D eigenvalue weighted by atomic mass is 32.2. The number of ether oxygens (including phenoxy) is 1. The second kappa shape index (κ2) is 5.50. The van der Waals surface area contributed by atoms with Crippen molar-refractivity contribution in [2.45, 2.75) is 24.0 Å². The lowest BCUT2D eigenvalue weighted by Gasteiger charge is -2.22. The Kier molecular flexibility index (Phi) is 4.60. The van der Waals surface area contributed by atoms with Gasteiger partial charge in [0.25, 0.3) is 0 Å². The molecule has 6 heteroatoms. The Bertz CT molecular complexity index is 229. The lowest BCUT2D eigenvalue weighted by Crippen LogP contribution is -2.33. The first-order chi connectivity index (χ1) is 6.61. The predicted octanol–water partition coefficient (Wildman–Crippen LogP) is 1.24. The van der Waals surface area contributed by atoms with Crippen molar-refractivity contribution >= 4 is 35.4 Å². The number of rotatable bonds is 3. The smallest absolute Gasteiger partial charge is 0.405 e. The van der Waals surface area contributed by atoms with Crippen molar-refractivity contribution in [1.29, 1.82) is 0 Å². The molecule has 1 aliphatic rings. The summed E-state index contributed by atoms with van der Waals surface area (Å²) in [6, 6.07) is 0. The van der Waals surface area contributed by atoms with Gasteiger partial charge in [-0.2, -0.15) is 0 Å². The SMILES string of the molecule is CC(OC(N)=O)C(=O)C1SCCCS1. The summed E-state index contributed by atoms with van der Waals surface area (Å²) in [7, 11) is 0. The largest absolute Gasteiger partial charge is 0.439 e. The zero-order valence-electron chi connectivity index (χ0n) is 7.89. The molecule has 1 unspecified atom stereocenters. The van der Waals surface area contributed by atoms with Gasteiger partial charge >= 0.3 is 6.09 Å². The third kappa shape index (κ3) is 3.42. The number of ketones is 1. The standard InChI is InChI=1S/C8H13NO3S2/c1-5(12-8(9)11)6(10)7-13-3-2-4-14-7/h5,7H,2-4H2,1H3,(H2,9,11). The number of Topliss-reactive ketones (excluding diaryl/α,β-unsaturated/α-hetero) is 1. The van der Waals surface area contributed by atoms with Crippen molar-refractivity contribution in [3.05, 3.63) is 0 Å². The first kappa shape index (κ1) is 11.7. The molecule has 2 N–H and O–H groups in total. The lowest BCUT2D eigenvalue weighted by molar-refractivity contribution is -0.124. The van der Waals surface area contributed by atoms with E-state index in [4.69, 9.17) is 5.73 Å². The number of carbonyl (C=O) groups excluding carboxylic acids is 2. The van der Waals surface area contributed by atoms with Crippen LogP contribution in [0.1, 0.15) is 13.3 Å². The molecule has 1 aliphatic heterocycles. The fraction of sp³-hybridized carbons (Fsp3) is 0.750. The van der Waals surface area contributed by atoms with Crippen molar-refractivity contribution in [3.63, 3.8) is 0 Å². The summed E-state index contributed by atoms with van der Waals surface area (Å²) >= 11 is 3.22. The summed E-state index contributed by atoms with van der Waals surface area (Å²) in [6.45, 7) is 1.56. The summed E-state index contributed by atoms with van der Waals surface area (Å²) in [6.07, 6.45) is -0.489. The van der Waals surface area contributed by atoms with Gasteiger partial charge in [-0.3, -0.25) is 4.79 Å². The number of hydrogen-bond donors (Lipinski definition) is 1. The Morgan fingerprint density at radius 2 is 2.00 bits per heavy atom. The molecule has 1 atom stereocenters. The Hall–Kier alpha value is -0.360. The summed E-state index contributed by atoms with van der Waals surface area (Å²) in [5.74, 6) is 1.93. The van der Waals surface area contributed by atoms with E-state index in [0.717, 1.165) is 17.9 Å². The molecule has 0 aliphatic carbocycles. The van der Waals surface area contributed by atoms with E-state index in [2.05, 4.69) is 4.74 Å². The number of nitrogens with two attached hydrogens (primary N) is 1. The molecule has 0 aromatic rings. The van der Waals surface area contributed by atoms with Gasteiger partial charge in [-0.05, 0) is 24.9 Å². The van der Waals surface area contributed by atoms with E-state index in [1.54, 1.807) is 30.4 Å². The van der Waals surface area contributed by atoms with Crippen LogP contribution in [0.3, 0.4) is 0 Å². The average Bonchev–Trinajstić information content (AvgIpc) is 2.17. The highest BCUT2D eigenvalue weighted by molar-refractivity contribution is 8.18. The van der Waals surface area contributed by atoms with Gasteiger partial charge in [0.15, 0.2) is 11.9 Å². The van der Waals surface area contributed by atoms with E-state index in [0.29, 0.717) is 0 Å². The maximum absolute atomic E-state index is 11.7. The van der Waals surface area contributed by atoms with Crippen molar-refractivity contribution in [2.75, 3.05) is 11.5 Å². The Balaban J connectivity index is 2.42. The van der Waals surface area contributed by atoms with E-state index < -0.39 is 12.2 Å². The van der Waals surface area contributed by atoms with Crippen LogP contribution in [0, 0.1) is 0 Å². The maximum atomic E-state index is 11.7. The Morgan fingerprint density at radius 1 is 1.43 bits per heavy atom. The number of thioether (sulfide) groups is 2. The molecule has 1 rings (SSSR count). The molecule has 1 amide bonds.